The van der Waals surface area contributed by atoms with E-state index >= 15 is 0 Å². The predicted molar refractivity (Wildman–Crippen MR) is 102 cm³/mol. The van der Waals surface area contributed by atoms with Crippen LogP contribution in [0.2, 0.25) is 10.0 Å². The number of furan rings is 1. The van der Waals surface area contributed by atoms with Crippen molar-refractivity contribution in [1.82, 2.24) is 0 Å². The monoisotopic (exact) mass is 374 g/mol. The zero-order valence-corrected chi connectivity index (χ0v) is 14.9. The lowest BCUT2D eigenvalue weighted by Gasteiger charge is -2.16. The summed E-state index contributed by atoms with van der Waals surface area (Å²) >= 11 is 12.0. The van der Waals surface area contributed by atoms with Gasteiger partial charge in [-0.2, -0.15) is 0 Å². The molecule has 1 aromatic heterocycles. The standard InChI is InChI=1S/C19H16Cl2N2O2/c20-11-3-5-13(15(21)9-11)18(24)19-17(22)14-6-4-12(10-16(14)25-19)23-7-1-2-8-23/h3-6,9-10H,1-2,7-8,22H2. The number of nitrogens with two attached hydrogens (primary N) is 1. The third-order valence-electron chi connectivity index (χ3n) is 4.57. The Labute approximate surface area is 155 Å². The Morgan fingerprint density at radius 1 is 1.08 bits per heavy atom. The van der Waals surface area contributed by atoms with E-state index in [1.807, 2.05) is 18.2 Å². The van der Waals surface area contributed by atoms with Crippen LogP contribution in [0.5, 0.6) is 0 Å². The molecule has 0 bridgehead atoms. The fraction of sp³-hybridized carbons (Fsp3) is 0.211. The van der Waals surface area contributed by atoms with Gasteiger partial charge in [0.2, 0.25) is 5.78 Å². The van der Waals surface area contributed by atoms with Gasteiger partial charge in [0, 0.05) is 40.8 Å². The molecule has 2 aromatic carbocycles. The first-order valence-electron chi connectivity index (χ1n) is 8.11. The molecule has 0 aliphatic carbocycles. The molecule has 2 heterocycles. The van der Waals surface area contributed by atoms with Gasteiger partial charge in [0.05, 0.1) is 10.7 Å². The summed E-state index contributed by atoms with van der Waals surface area (Å²) in [5, 5.41) is 1.47. The molecule has 4 nitrogen and oxygen atoms in total. The van der Waals surface area contributed by atoms with Crippen LogP contribution in [0.25, 0.3) is 11.0 Å². The number of halogens is 2. The number of carbonyl (C=O) groups excluding carboxylic acids is 1. The lowest BCUT2D eigenvalue weighted by atomic mass is 10.1. The molecule has 1 aliphatic rings. The smallest absolute Gasteiger partial charge is 0.231 e. The summed E-state index contributed by atoms with van der Waals surface area (Å²) in [4.78, 5) is 15.1. The zero-order chi connectivity index (χ0) is 17.6. The molecule has 4 rings (SSSR count). The van der Waals surface area contributed by atoms with Gasteiger partial charge in [-0.25, -0.2) is 0 Å². The lowest BCUT2D eigenvalue weighted by Crippen LogP contribution is -2.17. The van der Waals surface area contributed by atoms with Crippen LogP contribution in [0.15, 0.2) is 40.8 Å². The van der Waals surface area contributed by atoms with Crippen molar-refractivity contribution >= 4 is 51.3 Å². The van der Waals surface area contributed by atoms with Crippen LogP contribution < -0.4 is 10.6 Å². The van der Waals surface area contributed by atoms with Crippen molar-refractivity contribution in [3.05, 3.63) is 57.8 Å². The molecule has 0 atom stereocenters. The highest BCUT2D eigenvalue weighted by molar-refractivity contribution is 6.37. The van der Waals surface area contributed by atoms with Gasteiger partial charge < -0.3 is 15.1 Å². The number of rotatable bonds is 3. The summed E-state index contributed by atoms with van der Waals surface area (Å²) in [7, 11) is 0. The fourth-order valence-corrected chi connectivity index (χ4v) is 3.74. The molecule has 1 aliphatic heterocycles. The van der Waals surface area contributed by atoms with Crippen LogP contribution in [0.1, 0.15) is 29.0 Å². The molecule has 0 amide bonds. The Bertz CT molecular complexity index is 975. The first-order chi connectivity index (χ1) is 12.0. The van der Waals surface area contributed by atoms with E-state index in [9.17, 15) is 4.79 Å². The number of hydrogen-bond donors (Lipinski definition) is 1. The number of nitrogens with zero attached hydrogens (tertiary/aromatic N) is 1. The normalized spacial score (nSPS) is 14.4. The Balaban J connectivity index is 1.76. The average Bonchev–Trinajstić information content (AvgIpc) is 3.22. The van der Waals surface area contributed by atoms with E-state index in [1.54, 1.807) is 12.1 Å². The van der Waals surface area contributed by atoms with Crippen LogP contribution in [0.3, 0.4) is 0 Å². The van der Waals surface area contributed by atoms with Gasteiger partial charge in [0.1, 0.15) is 5.58 Å². The van der Waals surface area contributed by atoms with Crippen molar-refractivity contribution in [2.45, 2.75) is 12.8 Å². The second-order valence-corrected chi connectivity index (χ2v) is 7.02. The summed E-state index contributed by atoms with van der Waals surface area (Å²) < 4.78 is 5.81. The summed E-state index contributed by atoms with van der Waals surface area (Å²) in [6.07, 6.45) is 2.38. The van der Waals surface area contributed by atoms with Gasteiger partial charge in [0.25, 0.3) is 0 Å². The molecule has 128 valence electrons. The summed E-state index contributed by atoms with van der Waals surface area (Å²) in [5.41, 5.74) is 8.50. The first kappa shape index (κ1) is 16.3. The summed E-state index contributed by atoms with van der Waals surface area (Å²) in [6.45, 7) is 2.07. The van der Waals surface area contributed by atoms with Crippen molar-refractivity contribution < 1.29 is 9.21 Å². The third-order valence-corrected chi connectivity index (χ3v) is 5.11. The van der Waals surface area contributed by atoms with Crippen molar-refractivity contribution in [2.75, 3.05) is 23.7 Å². The number of nitrogen functional groups attached to an aromatic ring is 1. The predicted octanol–water partition coefficient (Wildman–Crippen LogP) is 5.15. The molecule has 25 heavy (non-hydrogen) atoms. The van der Waals surface area contributed by atoms with E-state index in [0.29, 0.717) is 21.9 Å². The van der Waals surface area contributed by atoms with Crippen LogP contribution >= 0.6 is 23.2 Å². The van der Waals surface area contributed by atoms with Crippen molar-refractivity contribution in [2.24, 2.45) is 0 Å². The highest BCUT2D eigenvalue weighted by Gasteiger charge is 2.23. The number of anilines is 2. The van der Waals surface area contributed by atoms with E-state index < -0.39 is 0 Å². The molecule has 3 aromatic rings. The van der Waals surface area contributed by atoms with Crippen molar-refractivity contribution in [3.63, 3.8) is 0 Å². The number of hydrogen-bond acceptors (Lipinski definition) is 4. The van der Waals surface area contributed by atoms with Crippen molar-refractivity contribution in [1.29, 1.82) is 0 Å². The topological polar surface area (TPSA) is 59.5 Å². The molecule has 0 unspecified atom stereocenters. The van der Waals surface area contributed by atoms with Gasteiger partial charge in [0.15, 0.2) is 5.76 Å². The van der Waals surface area contributed by atoms with Crippen LogP contribution in [-0.2, 0) is 0 Å². The molecular formula is C19H16Cl2N2O2. The molecule has 0 radical (unpaired) electrons. The van der Waals surface area contributed by atoms with E-state index in [4.69, 9.17) is 33.4 Å². The zero-order valence-electron chi connectivity index (χ0n) is 13.4. The molecule has 1 saturated heterocycles. The Hall–Kier alpha value is -2.17. The van der Waals surface area contributed by atoms with E-state index in [-0.39, 0.29) is 16.6 Å². The number of benzene rings is 2. The van der Waals surface area contributed by atoms with Gasteiger partial charge in [-0.3, -0.25) is 4.79 Å². The SMILES string of the molecule is Nc1c(C(=O)c2ccc(Cl)cc2Cl)oc2cc(N3CCCC3)ccc12. The third kappa shape index (κ3) is 2.86. The molecule has 0 saturated carbocycles. The minimum Gasteiger partial charge on any atom is -0.450 e. The lowest BCUT2D eigenvalue weighted by molar-refractivity contribution is 0.101. The number of ketones is 1. The molecule has 2 N–H and O–H groups in total. The summed E-state index contributed by atoms with van der Waals surface area (Å²) in [5.74, 6) is -0.240. The largest absolute Gasteiger partial charge is 0.450 e. The highest BCUT2D eigenvalue weighted by Crippen LogP contribution is 2.34. The van der Waals surface area contributed by atoms with Gasteiger partial charge in [-0.1, -0.05) is 23.2 Å². The highest BCUT2D eigenvalue weighted by atomic mass is 35.5. The van der Waals surface area contributed by atoms with Gasteiger partial charge in [-0.05, 0) is 43.2 Å². The second-order valence-electron chi connectivity index (χ2n) is 6.17. The fourth-order valence-electron chi connectivity index (χ4n) is 3.24. The maximum Gasteiger partial charge on any atom is 0.231 e. The first-order valence-corrected chi connectivity index (χ1v) is 8.87. The summed E-state index contributed by atoms with van der Waals surface area (Å²) in [6, 6.07) is 10.6. The minimum absolute atomic E-state index is 0.109. The molecule has 1 fully saturated rings. The van der Waals surface area contributed by atoms with Gasteiger partial charge >= 0.3 is 0 Å². The molecule has 0 spiro atoms. The Morgan fingerprint density at radius 2 is 1.84 bits per heavy atom. The van der Waals surface area contributed by atoms with Crippen LogP contribution in [0, 0.1) is 0 Å². The van der Waals surface area contributed by atoms with Gasteiger partial charge in [-0.15, -0.1) is 0 Å². The average molecular weight is 375 g/mol. The maximum absolute atomic E-state index is 12.8. The minimum atomic E-state index is -0.349. The quantitative estimate of drug-likeness (QED) is 0.643. The van der Waals surface area contributed by atoms with E-state index in [1.165, 1.54) is 18.9 Å². The number of fused-ring (bicyclic) bond motifs is 1. The van der Waals surface area contributed by atoms with E-state index in [0.717, 1.165) is 24.2 Å². The van der Waals surface area contributed by atoms with Crippen LogP contribution in [-0.4, -0.2) is 18.9 Å². The maximum atomic E-state index is 12.8. The van der Waals surface area contributed by atoms with Crippen molar-refractivity contribution in [3.8, 4) is 0 Å². The Morgan fingerprint density at radius 3 is 2.56 bits per heavy atom. The Kier molecular flexibility index (Phi) is 4.10. The second kappa shape index (κ2) is 6.28. The van der Waals surface area contributed by atoms with Crippen LogP contribution in [0.4, 0.5) is 11.4 Å². The molecule has 6 heteroatoms. The number of carbonyl (C=O) groups is 1. The molecular weight excluding hydrogens is 359 g/mol. The van der Waals surface area contributed by atoms with E-state index in [2.05, 4.69) is 4.90 Å².